The fraction of sp³-hybridized carbons (Fsp3) is 0.857. The predicted octanol–water partition coefficient (Wildman–Crippen LogP) is 1.26. The molecule has 0 aromatic rings. The minimum absolute atomic E-state index is 0.383. The van der Waals surface area contributed by atoms with Crippen molar-refractivity contribution in [3.05, 3.63) is 0 Å². The van der Waals surface area contributed by atoms with Crippen LogP contribution in [-0.4, -0.2) is 25.0 Å². The van der Waals surface area contributed by atoms with Gasteiger partial charge in [0.2, 0.25) is 0 Å². The highest BCUT2D eigenvalue weighted by Gasteiger charge is 2.10. The van der Waals surface area contributed by atoms with Crippen LogP contribution in [0.5, 0.6) is 0 Å². The van der Waals surface area contributed by atoms with Crippen molar-refractivity contribution in [1.82, 2.24) is 0 Å². The molecule has 1 heterocycles. The molecule has 2 heteroatoms. The summed E-state index contributed by atoms with van der Waals surface area (Å²) < 4.78 is 5.41. The summed E-state index contributed by atoms with van der Waals surface area (Å²) in [6, 6.07) is 0. The van der Waals surface area contributed by atoms with Crippen LogP contribution >= 0.6 is 0 Å². The Hall–Kier alpha value is -0.370. The lowest BCUT2D eigenvalue weighted by atomic mass is 10.2. The average Bonchev–Trinajstić information content (AvgIpc) is 1.90. The number of aliphatic imine (C=N–C) groups is 1. The van der Waals surface area contributed by atoms with Gasteiger partial charge in [-0.3, -0.25) is 4.99 Å². The monoisotopic (exact) mass is 127 g/mol. The molecule has 52 valence electrons. The summed E-state index contributed by atoms with van der Waals surface area (Å²) in [7, 11) is 0. The van der Waals surface area contributed by atoms with Gasteiger partial charge in [0.15, 0.2) is 0 Å². The molecular formula is C7H13NO. The molecule has 0 spiro atoms. The Balaban J connectivity index is 2.36. The quantitative estimate of drug-likeness (QED) is 0.519. The van der Waals surface area contributed by atoms with Crippen LogP contribution in [0.2, 0.25) is 0 Å². The molecule has 0 saturated carbocycles. The summed E-state index contributed by atoms with van der Waals surface area (Å²) in [6.07, 6.45) is 1.46. The third-order valence-electron chi connectivity index (χ3n) is 1.55. The molecule has 1 unspecified atom stereocenters. The zero-order valence-electron chi connectivity index (χ0n) is 6.05. The second kappa shape index (κ2) is 2.97. The molecule has 0 fully saturated rings. The Labute approximate surface area is 55.9 Å². The maximum Gasteiger partial charge on any atom is 0.0846 e. The second-order valence-corrected chi connectivity index (χ2v) is 2.42. The average molecular weight is 127 g/mol. The van der Waals surface area contributed by atoms with Crippen molar-refractivity contribution in [3.63, 3.8) is 0 Å². The van der Waals surface area contributed by atoms with Crippen molar-refractivity contribution in [2.45, 2.75) is 26.4 Å². The van der Waals surface area contributed by atoms with Crippen LogP contribution in [0.25, 0.3) is 0 Å². The molecule has 1 atom stereocenters. The van der Waals surface area contributed by atoms with E-state index in [0.29, 0.717) is 6.10 Å². The van der Waals surface area contributed by atoms with E-state index in [1.165, 1.54) is 0 Å². The van der Waals surface area contributed by atoms with Gasteiger partial charge in [-0.1, -0.05) is 6.92 Å². The van der Waals surface area contributed by atoms with Crippen molar-refractivity contribution < 1.29 is 4.74 Å². The largest absolute Gasteiger partial charge is 0.370 e. The predicted molar refractivity (Wildman–Crippen MR) is 38.0 cm³/mol. The van der Waals surface area contributed by atoms with Crippen molar-refractivity contribution in [2.24, 2.45) is 4.99 Å². The van der Waals surface area contributed by atoms with Crippen LogP contribution in [0.1, 0.15) is 20.3 Å². The minimum atomic E-state index is 0.383. The molecule has 0 amide bonds. The summed E-state index contributed by atoms with van der Waals surface area (Å²) >= 11 is 0. The van der Waals surface area contributed by atoms with E-state index in [4.69, 9.17) is 4.74 Å². The van der Waals surface area contributed by atoms with Crippen LogP contribution in [0.3, 0.4) is 0 Å². The van der Waals surface area contributed by atoms with Crippen molar-refractivity contribution in [1.29, 1.82) is 0 Å². The van der Waals surface area contributed by atoms with E-state index in [9.17, 15) is 0 Å². The van der Waals surface area contributed by atoms with Crippen LogP contribution in [-0.2, 0) is 4.74 Å². The molecule has 1 aliphatic heterocycles. The molecule has 0 saturated heterocycles. The highest BCUT2D eigenvalue weighted by atomic mass is 16.5. The lowest BCUT2D eigenvalue weighted by molar-refractivity contribution is 0.0766. The summed E-state index contributed by atoms with van der Waals surface area (Å²) in [5, 5.41) is 0. The minimum Gasteiger partial charge on any atom is -0.370 e. The molecule has 0 N–H and O–H groups in total. The van der Waals surface area contributed by atoms with Gasteiger partial charge in [0.1, 0.15) is 0 Å². The summed E-state index contributed by atoms with van der Waals surface area (Å²) in [5.41, 5.74) is 1.12. The van der Waals surface area contributed by atoms with Crippen molar-refractivity contribution in [2.75, 3.05) is 13.2 Å². The number of ether oxygens (including phenoxy) is 1. The Morgan fingerprint density at radius 3 is 3.00 bits per heavy atom. The molecule has 0 aliphatic carbocycles. The van der Waals surface area contributed by atoms with Crippen molar-refractivity contribution >= 4 is 5.71 Å². The van der Waals surface area contributed by atoms with E-state index in [-0.39, 0.29) is 0 Å². The zero-order valence-corrected chi connectivity index (χ0v) is 6.05. The fourth-order valence-corrected chi connectivity index (χ4v) is 0.841. The van der Waals surface area contributed by atoms with Crippen LogP contribution in [0, 0.1) is 0 Å². The molecule has 1 aliphatic rings. The van der Waals surface area contributed by atoms with Crippen LogP contribution in [0.15, 0.2) is 4.99 Å². The maximum absolute atomic E-state index is 5.41. The van der Waals surface area contributed by atoms with Crippen molar-refractivity contribution in [3.8, 4) is 0 Å². The van der Waals surface area contributed by atoms with E-state index in [0.717, 1.165) is 25.3 Å². The van der Waals surface area contributed by atoms with Gasteiger partial charge < -0.3 is 4.74 Å². The van der Waals surface area contributed by atoms with E-state index < -0.39 is 0 Å². The first kappa shape index (κ1) is 6.75. The number of hydrogen-bond donors (Lipinski definition) is 0. The van der Waals surface area contributed by atoms with E-state index >= 15 is 0 Å². The number of hydrogen-bond acceptors (Lipinski definition) is 2. The summed E-state index contributed by atoms with van der Waals surface area (Å²) in [5.74, 6) is 0. The highest BCUT2D eigenvalue weighted by Crippen LogP contribution is 2.03. The Kier molecular flexibility index (Phi) is 2.22. The van der Waals surface area contributed by atoms with E-state index in [2.05, 4.69) is 11.9 Å². The molecule has 0 aromatic heterocycles. The van der Waals surface area contributed by atoms with Gasteiger partial charge in [-0.25, -0.2) is 0 Å². The first-order valence-electron chi connectivity index (χ1n) is 3.44. The van der Waals surface area contributed by atoms with Gasteiger partial charge in [0.05, 0.1) is 19.3 Å². The lowest BCUT2D eigenvalue weighted by Crippen LogP contribution is -2.25. The molecule has 1 rings (SSSR count). The fourth-order valence-electron chi connectivity index (χ4n) is 0.841. The molecule has 0 aromatic carbocycles. The Bertz CT molecular complexity index is 120. The first-order valence-corrected chi connectivity index (χ1v) is 3.44. The molecular weight excluding hydrogens is 114 g/mol. The third kappa shape index (κ3) is 1.79. The molecule has 0 bridgehead atoms. The SMILES string of the molecule is CCC1CN=C(C)CO1. The molecule has 2 nitrogen and oxygen atoms in total. The summed E-state index contributed by atoms with van der Waals surface area (Å²) in [6.45, 7) is 5.73. The zero-order chi connectivity index (χ0) is 6.69. The van der Waals surface area contributed by atoms with Crippen LogP contribution < -0.4 is 0 Å². The van der Waals surface area contributed by atoms with Gasteiger partial charge in [-0.2, -0.15) is 0 Å². The molecule has 9 heavy (non-hydrogen) atoms. The number of rotatable bonds is 1. The number of nitrogens with zero attached hydrogens (tertiary/aromatic N) is 1. The normalized spacial score (nSPS) is 27.8. The molecule has 0 radical (unpaired) electrons. The van der Waals surface area contributed by atoms with Gasteiger partial charge >= 0.3 is 0 Å². The Morgan fingerprint density at radius 2 is 2.56 bits per heavy atom. The van der Waals surface area contributed by atoms with Gasteiger partial charge in [0, 0.05) is 5.71 Å². The first-order chi connectivity index (χ1) is 4.33. The van der Waals surface area contributed by atoms with Gasteiger partial charge in [-0.05, 0) is 13.3 Å². The standard InChI is InChI=1S/C7H13NO/c1-3-7-4-8-6(2)5-9-7/h7H,3-5H2,1-2H3. The van der Waals surface area contributed by atoms with Gasteiger partial charge in [-0.15, -0.1) is 0 Å². The van der Waals surface area contributed by atoms with Gasteiger partial charge in [0.25, 0.3) is 0 Å². The van der Waals surface area contributed by atoms with Crippen LogP contribution in [0.4, 0.5) is 0 Å². The van der Waals surface area contributed by atoms with E-state index in [1.807, 2.05) is 6.92 Å². The third-order valence-corrected chi connectivity index (χ3v) is 1.55. The second-order valence-electron chi connectivity index (χ2n) is 2.42. The smallest absolute Gasteiger partial charge is 0.0846 e. The lowest BCUT2D eigenvalue weighted by Gasteiger charge is -2.18. The summed E-state index contributed by atoms with van der Waals surface area (Å²) in [4.78, 5) is 4.27. The van der Waals surface area contributed by atoms with E-state index in [1.54, 1.807) is 0 Å². The maximum atomic E-state index is 5.41. The Morgan fingerprint density at radius 1 is 1.78 bits per heavy atom. The highest BCUT2D eigenvalue weighted by molar-refractivity contribution is 5.83. The topological polar surface area (TPSA) is 21.6 Å².